The zero-order valence-electron chi connectivity index (χ0n) is 10.6. The van der Waals surface area contributed by atoms with Crippen LogP contribution in [0, 0.1) is 18.2 Å². The highest BCUT2D eigenvalue weighted by atomic mass is 19.1. The highest BCUT2D eigenvalue weighted by Gasteiger charge is 2.12. The fourth-order valence-electron chi connectivity index (χ4n) is 1.73. The van der Waals surface area contributed by atoms with Crippen molar-refractivity contribution in [1.29, 1.82) is 5.41 Å². The largest absolute Gasteiger partial charge is 0.488 e. The van der Waals surface area contributed by atoms with E-state index < -0.39 is 5.82 Å². The van der Waals surface area contributed by atoms with E-state index in [-0.39, 0.29) is 17.1 Å². The summed E-state index contributed by atoms with van der Waals surface area (Å²) in [6.45, 7) is 2.31. The molecule has 3 nitrogen and oxygen atoms in total. The lowest BCUT2D eigenvalue weighted by molar-refractivity contribution is 0.304. The molecular weight excluding hydrogens is 243 g/mol. The van der Waals surface area contributed by atoms with Gasteiger partial charge in [-0.25, -0.2) is 4.39 Å². The summed E-state index contributed by atoms with van der Waals surface area (Å²) in [5.41, 5.74) is 7.52. The molecule has 0 heterocycles. The zero-order valence-corrected chi connectivity index (χ0v) is 10.6. The molecule has 2 aromatic carbocycles. The first kappa shape index (κ1) is 13.1. The number of ether oxygens (including phenoxy) is 1. The van der Waals surface area contributed by atoms with Gasteiger partial charge < -0.3 is 10.5 Å². The monoisotopic (exact) mass is 258 g/mol. The van der Waals surface area contributed by atoms with Crippen molar-refractivity contribution < 1.29 is 9.13 Å². The number of hydrogen-bond donors (Lipinski definition) is 2. The number of halogens is 1. The van der Waals surface area contributed by atoms with Gasteiger partial charge in [0, 0.05) is 0 Å². The molecule has 0 unspecified atom stereocenters. The van der Waals surface area contributed by atoms with Crippen molar-refractivity contribution in [3.05, 3.63) is 65.0 Å². The standard InChI is InChI=1S/C15H15FN2O/c1-10-5-7-11(8-6-10)9-19-13-4-2-3-12(16)14(13)15(17)18/h2-8H,9H2,1H3,(H3,17,18). The van der Waals surface area contributed by atoms with Crippen LogP contribution in [0.15, 0.2) is 42.5 Å². The molecule has 0 fully saturated rings. The topological polar surface area (TPSA) is 59.1 Å². The number of aryl methyl sites for hydroxylation is 1. The molecule has 0 atom stereocenters. The van der Waals surface area contributed by atoms with Crippen LogP contribution in [0.1, 0.15) is 16.7 Å². The Balaban J connectivity index is 2.18. The Morgan fingerprint density at radius 1 is 1.21 bits per heavy atom. The number of nitrogens with two attached hydrogens (primary N) is 1. The van der Waals surface area contributed by atoms with Crippen molar-refractivity contribution in [2.75, 3.05) is 0 Å². The summed E-state index contributed by atoms with van der Waals surface area (Å²) in [7, 11) is 0. The zero-order chi connectivity index (χ0) is 13.8. The summed E-state index contributed by atoms with van der Waals surface area (Å²) < 4.78 is 19.1. The van der Waals surface area contributed by atoms with Crippen molar-refractivity contribution >= 4 is 5.84 Å². The van der Waals surface area contributed by atoms with Crippen molar-refractivity contribution in [3.63, 3.8) is 0 Å². The number of hydrogen-bond acceptors (Lipinski definition) is 2. The minimum Gasteiger partial charge on any atom is -0.488 e. The molecule has 0 aromatic heterocycles. The Labute approximate surface area is 111 Å². The molecule has 98 valence electrons. The molecule has 0 radical (unpaired) electrons. The first-order valence-corrected chi connectivity index (χ1v) is 5.89. The summed E-state index contributed by atoms with van der Waals surface area (Å²) in [6.07, 6.45) is 0. The van der Waals surface area contributed by atoms with Gasteiger partial charge in [-0.1, -0.05) is 35.9 Å². The molecule has 3 N–H and O–H groups in total. The lowest BCUT2D eigenvalue weighted by Gasteiger charge is -2.11. The molecule has 0 spiro atoms. The minimum absolute atomic E-state index is 0.00890. The number of nitrogens with one attached hydrogen (secondary N) is 1. The van der Waals surface area contributed by atoms with E-state index in [0.29, 0.717) is 6.61 Å². The fraction of sp³-hybridized carbons (Fsp3) is 0.133. The van der Waals surface area contributed by atoms with E-state index in [4.69, 9.17) is 15.9 Å². The molecule has 0 saturated heterocycles. The van der Waals surface area contributed by atoms with E-state index in [1.54, 1.807) is 6.07 Å². The third-order valence-electron chi connectivity index (χ3n) is 2.76. The SMILES string of the molecule is Cc1ccc(COc2cccc(F)c2C(=N)N)cc1. The van der Waals surface area contributed by atoms with Crippen LogP contribution in [0.5, 0.6) is 5.75 Å². The number of nitrogen functional groups attached to an aromatic ring is 1. The molecule has 0 aliphatic carbocycles. The Hall–Kier alpha value is -2.36. The average molecular weight is 258 g/mol. The van der Waals surface area contributed by atoms with Crippen LogP contribution < -0.4 is 10.5 Å². The quantitative estimate of drug-likeness (QED) is 0.654. The van der Waals surface area contributed by atoms with E-state index >= 15 is 0 Å². The van der Waals surface area contributed by atoms with Gasteiger partial charge in [-0.3, -0.25) is 5.41 Å². The fourth-order valence-corrected chi connectivity index (χ4v) is 1.73. The molecule has 4 heteroatoms. The summed E-state index contributed by atoms with van der Waals surface area (Å²) in [6, 6.07) is 12.3. The second-order valence-corrected chi connectivity index (χ2v) is 4.30. The van der Waals surface area contributed by atoms with Crippen LogP contribution in [0.4, 0.5) is 4.39 Å². The molecule has 2 aromatic rings. The first-order chi connectivity index (χ1) is 9.08. The van der Waals surface area contributed by atoms with Crippen LogP contribution in [-0.2, 0) is 6.61 Å². The van der Waals surface area contributed by atoms with E-state index in [9.17, 15) is 4.39 Å². The van der Waals surface area contributed by atoms with Gasteiger partial charge in [-0.2, -0.15) is 0 Å². The molecule has 2 rings (SSSR count). The van der Waals surface area contributed by atoms with Crippen molar-refractivity contribution in [2.24, 2.45) is 5.73 Å². The number of amidine groups is 1. The molecule has 19 heavy (non-hydrogen) atoms. The number of benzene rings is 2. The number of rotatable bonds is 4. The van der Waals surface area contributed by atoms with Crippen LogP contribution in [-0.4, -0.2) is 5.84 Å². The lowest BCUT2D eigenvalue weighted by Crippen LogP contribution is -2.15. The van der Waals surface area contributed by atoms with Crippen LogP contribution in [0.25, 0.3) is 0 Å². The van der Waals surface area contributed by atoms with E-state index in [0.717, 1.165) is 5.56 Å². The highest BCUT2D eigenvalue weighted by Crippen LogP contribution is 2.22. The third kappa shape index (κ3) is 3.10. The average Bonchev–Trinajstić information content (AvgIpc) is 2.37. The molecule has 0 aliphatic rings. The molecule has 0 aliphatic heterocycles. The van der Waals surface area contributed by atoms with Gasteiger partial charge in [0.2, 0.25) is 0 Å². The van der Waals surface area contributed by atoms with Gasteiger partial charge in [0.25, 0.3) is 0 Å². The van der Waals surface area contributed by atoms with Crippen LogP contribution in [0.2, 0.25) is 0 Å². The normalized spacial score (nSPS) is 10.2. The van der Waals surface area contributed by atoms with Gasteiger partial charge in [0.05, 0.1) is 5.56 Å². The summed E-state index contributed by atoms with van der Waals surface area (Å²) >= 11 is 0. The Morgan fingerprint density at radius 2 is 1.89 bits per heavy atom. The lowest BCUT2D eigenvalue weighted by atomic mass is 10.1. The highest BCUT2D eigenvalue weighted by molar-refractivity contribution is 5.97. The Bertz CT molecular complexity index is 594. The maximum atomic E-state index is 13.6. The Morgan fingerprint density at radius 3 is 2.53 bits per heavy atom. The third-order valence-corrected chi connectivity index (χ3v) is 2.76. The van der Waals surface area contributed by atoms with Gasteiger partial charge in [-0.15, -0.1) is 0 Å². The van der Waals surface area contributed by atoms with Crippen molar-refractivity contribution in [1.82, 2.24) is 0 Å². The Kier molecular flexibility index (Phi) is 3.80. The van der Waals surface area contributed by atoms with E-state index in [1.807, 2.05) is 31.2 Å². The predicted octanol–water partition coefficient (Wildman–Crippen LogP) is 3.00. The molecular formula is C15H15FN2O. The smallest absolute Gasteiger partial charge is 0.137 e. The second-order valence-electron chi connectivity index (χ2n) is 4.30. The van der Waals surface area contributed by atoms with E-state index in [1.165, 1.54) is 17.7 Å². The van der Waals surface area contributed by atoms with Crippen molar-refractivity contribution in [2.45, 2.75) is 13.5 Å². The van der Waals surface area contributed by atoms with Gasteiger partial charge in [-0.05, 0) is 24.6 Å². The molecule has 0 amide bonds. The van der Waals surface area contributed by atoms with Crippen LogP contribution in [0.3, 0.4) is 0 Å². The van der Waals surface area contributed by atoms with Crippen molar-refractivity contribution in [3.8, 4) is 5.75 Å². The second kappa shape index (κ2) is 5.52. The predicted molar refractivity (Wildman–Crippen MR) is 72.9 cm³/mol. The molecule has 0 bridgehead atoms. The summed E-state index contributed by atoms with van der Waals surface area (Å²) in [5, 5.41) is 7.39. The first-order valence-electron chi connectivity index (χ1n) is 5.89. The van der Waals surface area contributed by atoms with Gasteiger partial charge in [0.15, 0.2) is 0 Å². The maximum Gasteiger partial charge on any atom is 0.137 e. The van der Waals surface area contributed by atoms with Gasteiger partial charge >= 0.3 is 0 Å². The summed E-state index contributed by atoms with van der Waals surface area (Å²) in [4.78, 5) is 0. The minimum atomic E-state index is -0.547. The van der Waals surface area contributed by atoms with Crippen LogP contribution >= 0.6 is 0 Å². The van der Waals surface area contributed by atoms with Gasteiger partial charge in [0.1, 0.15) is 24.0 Å². The summed E-state index contributed by atoms with van der Waals surface area (Å²) in [5.74, 6) is -0.598. The maximum absolute atomic E-state index is 13.6. The molecule has 0 saturated carbocycles. The van der Waals surface area contributed by atoms with E-state index in [2.05, 4.69) is 0 Å².